The van der Waals surface area contributed by atoms with E-state index in [4.69, 9.17) is 42.1 Å². The van der Waals surface area contributed by atoms with Crippen molar-refractivity contribution in [3.8, 4) is 18.2 Å². The first-order chi connectivity index (χ1) is 36.2. The largest absolute Gasteiger partial charge is 0.477 e. The van der Waals surface area contributed by atoms with E-state index in [1.54, 1.807) is 39.0 Å². The highest BCUT2D eigenvalue weighted by molar-refractivity contribution is 8.14. The van der Waals surface area contributed by atoms with Gasteiger partial charge in [0, 0.05) is 52.6 Å². The molecule has 76 heavy (non-hydrogen) atoms. The number of nitrogen functional groups attached to an aromatic ring is 1. The summed E-state index contributed by atoms with van der Waals surface area (Å²) in [6, 6.07) is 23.5. The number of amides is 2. The van der Waals surface area contributed by atoms with Crippen molar-refractivity contribution >= 4 is 69.2 Å². The predicted molar refractivity (Wildman–Crippen MR) is 282 cm³/mol. The average molecular weight is 1070 g/mol. The first kappa shape index (κ1) is 56.8. The third-order valence-corrected chi connectivity index (χ3v) is 14.3. The van der Waals surface area contributed by atoms with Gasteiger partial charge in [0.25, 0.3) is 5.91 Å². The summed E-state index contributed by atoms with van der Waals surface area (Å²) < 4.78 is 39.1. The zero-order valence-corrected chi connectivity index (χ0v) is 43.3. The van der Waals surface area contributed by atoms with Gasteiger partial charge in [0.1, 0.15) is 52.5 Å². The van der Waals surface area contributed by atoms with Crippen LogP contribution in [0.3, 0.4) is 0 Å². The number of alkyl carbamates (subject to hydrolysis) is 1. The summed E-state index contributed by atoms with van der Waals surface area (Å²) >= 11 is 2.99. The summed E-state index contributed by atoms with van der Waals surface area (Å²) in [7, 11) is 1.28. The van der Waals surface area contributed by atoms with Crippen LogP contribution in [0.25, 0.3) is 0 Å². The quantitative estimate of drug-likeness (QED) is 0.0783. The van der Waals surface area contributed by atoms with E-state index in [-0.39, 0.29) is 40.6 Å². The van der Waals surface area contributed by atoms with Crippen molar-refractivity contribution in [1.29, 1.82) is 15.8 Å². The molecule has 2 fully saturated rings. The van der Waals surface area contributed by atoms with E-state index in [9.17, 15) is 28.0 Å². The number of nitriles is 3. The van der Waals surface area contributed by atoms with E-state index >= 15 is 0 Å². The number of ether oxygens (including phenoxy) is 2. The molecule has 3 aromatic heterocycles. The molecule has 4 aliphatic rings. The van der Waals surface area contributed by atoms with Crippen molar-refractivity contribution in [3.05, 3.63) is 148 Å². The number of nitrogens with zero attached hydrogens (tertiary/aromatic N) is 8. The molecule has 2 aliphatic heterocycles. The maximum atomic E-state index is 14.8. The molecule has 4 atom stereocenters. The van der Waals surface area contributed by atoms with E-state index in [0.717, 1.165) is 50.0 Å². The fourth-order valence-electron chi connectivity index (χ4n) is 8.82. The number of anilines is 2. The van der Waals surface area contributed by atoms with Gasteiger partial charge in [0.2, 0.25) is 0 Å². The van der Waals surface area contributed by atoms with Crippen LogP contribution in [0.5, 0.6) is 0 Å². The fraction of sp³-hybridized carbons (Fsp3) is 0.321. The summed E-state index contributed by atoms with van der Waals surface area (Å²) in [6.07, 6.45) is 8.75. The summed E-state index contributed by atoms with van der Waals surface area (Å²) in [5.41, 5.74) is 13.4. The smallest absolute Gasteiger partial charge is 0.413 e. The molecule has 2 aliphatic carbocycles. The van der Waals surface area contributed by atoms with Crippen LogP contribution in [-0.4, -0.2) is 78.5 Å². The summed E-state index contributed by atoms with van der Waals surface area (Å²) in [5.74, 6) is -0.594. The number of aliphatic imine (C=N–C) groups is 2. The Kier molecular flexibility index (Phi) is 18.8. The van der Waals surface area contributed by atoms with Crippen molar-refractivity contribution in [2.45, 2.75) is 76.0 Å². The number of amidine groups is 2. The summed E-state index contributed by atoms with van der Waals surface area (Å²) in [4.78, 5) is 66.3. The minimum atomic E-state index is -1.09. The van der Waals surface area contributed by atoms with Crippen LogP contribution in [0, 0.1) is 57.5 Å². The third-order valence-electron chi connectivity index (χ3n) is 12.3. The van der Waals surface area contributed by atoms with Crippen LogP contribution in [0.4, 0.5) is 25.0 Å². The molecule has 5 aromatic rings. The van der Waals surface area contributed by atoms with Gasteiger partial charge in [-0.25, -0.2) is 38.1 Å². The Labute approximate surface area is 445 Å². The number of fused-ring (bicyclic) bond motifs is 2. The lowest BCUT2D eigenvalue weighted by atomic mass is 9.81. The fourth-order valence-corrected chi connectivity index (χ4v) is 11.0. The van der Waals surface area contributed by atoms with E-state index in [0.29, 0.717) is 49.5 Å². The summed E-state index contributed by atoms with van der Waals surface area (Å²) in [5, 5.41) is 40.4. The number of aromatic carboxylic acids is 1. The normalized spacial score (nSPS) is 19.8. The van der Waals surface area contributed by atoms with Gasteiger partial charge in [-0.15, -0.1) is 0 Å². The number of benzene rings is 2. The number of hydrogen-bond donors (Lipinski definition) is 5. The molecule has 2 aromatic carbocycles. The number of carboxylic acids is 1. The molecule has 0 bridgehead atoms. The molecule has 0 unspecified atom stereocenters. The van der Waals surface area contributed by atoms with Gasteiger partial charge in [-0.1, -0.05) is 36.4 Å². The van der Waals surface area contributed by atoms with Crippen molar-refractivity contribution in [2.75, 3.05) is 29.7 Å². The molecule has 392 valence electrons. The molecule has 23 heteroatoms. The molecule has 7 N–H and O–H groups in total. The molecule has 9 rings (SSSR count). The van der Waals surface area contributed by atoms with Gasteiger partial charge in [-0.05, 0) is 131 Å². The molecule has 5 heterocycles. The Hall–Kier alpha value is -8.46. The Morgan fingerprint density at radius 3 is 1.74 bits per heavy atom. The molecule has 19 nitrogen and oxygen atoms in total. The zero-order valence-electron chi connectivity index (χ0n) is 41.7. The Morgan fingerprint density at radius 1 is 0.711 bits per heavy atom. The number of rotatable bonds is 6. The van der Waals surface area contributed by atoms with E-state index in [1.807, 2.05) is 18.2 Å². The van der Waals surface area contributed by atoms with Crippen LogP contribution in [0.2, 0.25) is 0 Å². The second-order valence-corrected chi connectivity index (χ2v) is 20.5. The average Bonchev–Trinajstić information content (AvgIpc) is 4.10. The van der Waals surface area contributed by atoms with Crippen molar-refractivity contribution < 1.29 is 42.5 Å². The van der Waals surface area contributed by atoms with Gasteiger partial charge < -0.3 is 31.4 Å². The van der Waals surface area contributed by atoms with Gasteiger partial charge in [0.15, 0.2) is 10.3 Å². The number of aromatic nitrogens is 3. The van der Waals surface area contributed by atoms with Crippen LogP contribution < -0.4 is 22.1 Å². The second kappa shape index (κ2) is 25.2. The van der Waals surface area contributed by atoms with E-state index < -0.39 is 40.6 Å². The first-order valence-corrected chi connectivity index (χ1v) is 25.5. The lowest BCUT2D eigenvalue weighted by Crippen LogP contribution is -2.42. The number of esters is 1. The number of pyridine rings is 3. The standard InChI is InChI=1S/C20H18FN5OS.C18H24FN3O2S.C8H6N2O2.C7H4N2O2/c21-16-5-4-14(25-18(27)17-6-3-12(9-22)10-24-17)8-15(16)20-7-1-2-13(20)11-28-19(23)26-20;1-17(2,3)24-16(23)21-15-22-18(8-4-5-11(18)10-25-15)13-9-12(20)6-7-14(13)19;1-12-8(11)7-3-2-6(4-9)5-10-7;8-3-5-1-2-6(7(10)11)9-4-5/h3-6,8,10,13H,1-2,7,11H2,(H2,23,26)(H,25,27);6-7,9,11H,4-5,8,10,20H2,1-3H3,(H,21,22,23);2-3,5H,1H3;1-2,4H,(H,10,11)/t13-,20-;11-,18-;;/m00../s1. The van der Waals surface area contributed by atoms with Gasteiger partial charge in [-0.3, -0.25) is 20.1 Å². The molecule has 0 saturated heterocycles. The van der Waals surface area contributed by atoms with Crippen LogP contribution in [0.1, 0.15) is 119 Å². The molecule has 0 radical (unpaired) electrons. The minimum Gasteiger partial charge on any atom is -0.477 e. The minimum absolute atomic E-state index is 0.0519. The van der Waals surface area contributed by atoms with Crippen molar-refractivity contribution in [1.82, 2.24) is 20.3 Å². The monoisotopic (exact) mass is 1070 g/mol. The molecule has 0 spiro atoms. The predicted octanol–water partition coefficient (Wildman–Crippen LogP) is 8.82. The number of nitrogens with one attached hydrogen (secondary N) is 2. The lowest BCUT2D eigenvalue weighted by Gasteiger charge is -2.37. The van der Waals surface area contributed by atoms with E-state index in [1.165, 1.54) is 104 Å². The molecule has 2 saturated carbocycles. The van der Waals surface area contributed by atoms with Gasteiger partial charge in [-0.2, -0.15) is 15.8 Å². The molecule has 2 amide bonds. The number of methoxy groups -OCH3 is 1. The summed E-state index contributed by atoms with van der Waals surface area (Å²) in [6.45, 7) is 5.41. The van der Waals surface area contributed by atoms with Crippen LogP contribution in [0.15, 0.2) is 101 Å². The number of halogens is 2. The third kappa shape index (κ3) is 14.2. The number of carbonyl (C=O) groups is 4. The van der Waals surface area contributed by atoms with Gasteiger partial charge in [0.05, 0.1) is 34.9 Å². The highest BCUT2D eigenvalue weighted by atomic mass is 32.2. The maximum Gasteiger partial charge on any atom is 0.413 e. The number of hydrogen-bond acceptors (Lipinski definition) is 18. The SMILES string of the molecule is CC(C)(C)OC(=O)NC1=N[C@@]2(c3cc(N)ccc3F)CCC[C@H]2CS1.COC(=O)c1ccc(C#N)cn1.N#Cc1ccc(C(=O)Nc2ccc(F)c([C@]34CCC[C@H]3CSC(N)=N4)c2)nc1.N#Cc1ccc(C(=O)O)nc1. The highest BCUT2D eigenvalue weighted by Crippen LogP contribution is 2.53. The lowest BCUT2D eigenvalue weighted by molar-refractivity contribution is 0.0560. The number of carbonyl (C=O) groups excluding carboxylic acids is 3. The van der Waals surface area contributed by atoms with Crippen LogP contribution >= 0.6 is 23.5 Å². The van der Waals surface area contributed by atoms with Crippen molar-refractivity contribution in [3.63, 3.8) is 0 Å². The second-order valence-electron chi connectivity index (χ2n) is 18.5. The number of thioether (sulfide) groups is 2. The Morgan fingerprint density at radius 2 is 1.22 bits per heavy atom. The number of nitrogens with two attached hydrogens (primary N) is 2. The first-order valence-electron chi connectivity index (χ1n) is 23.5. The highest BCUT2D eigenvalue weighted by Gasteiger charge is 2.49. The zero-order chi connectivity index (χ0) is 55.2. The van der Waals surface area contributed by atoms with Crippen LogP contribution in [-0.2, 0) is 20.6 Å². The Balaban J connectivity index is 0.000000177. The van der Waals surface area contributed by atoms with Crippen molar-refractivity contribution in [2.24, 2.45) is 27.6 Å². The van der Waals surface area contributed by atoms with E-state index in [2.05, 4.69) is 35.3 Å². The number of carboxylic acid groups (broad SMARTS) is 1. The molecular formula is C53H52F2N12O7S2. The molecular weight excluding hydrogens is 1020 g/mol. The Bertz CT molecular complexity index is 3160. The maximum absolute atomic E-state index is 14.8. The van der Waals surface area contributed by atoms with Gasteiger partial charge >= 0.3 is 18.0 Å². The topological polar surface area (TPSA) is 318 Å².